The first-order valence-electron chi connectivity index (χ1n) is 7.88. The molecule has 1 N–H and O–H groups in total. The first-order valence-corrected chi connectivity index (χ1v) is 7.88. The molecule has 3 heterocycles. The summed E-state index contributed by atoms with van der Waals surface area (Å²) in [5.74, 6) is 0.228. The molecule has 22 heavy (non-hydrogen) atoms. The minimum Gasteiger partial charge on any atom is -0.395 e. The van der Waals surface area contributed by atoms with Crippen molar-refractivity contribution in [3.8, 4) is 0 Å². The number of carbonyl (C=O) groups excluding carboxylic acids is 1. The Morgan fingerprint density at radius 3 is 3.00 bits per heavy atom. The van der Waals surface area contributed by atoms with Crippen molar-refractivity contribution in [2.24, 2.45) is 5.41 Å². The molecule has 0 unspecified atom stereocenters. The van der Waals surface area contributed by atoms with Gasteiger partial charge < -0.3 is 14.9 Å². The molecule has 3 rings (SSSR count). The van der Waals surface area contributed by atoms with Crippen LogP contribution in [0.5, 0.6) is 0 Å². The molecule has 0 aliphatic carbocycles. The van der Waals surface area contributed by atoms with E-state index in [1.54, 1.807) is 17.2 Å². The van der Waals surface area contributed by atoms with E-state index in [0.717, 1.165) is 32.4 Å². The second-order valence-corrected chi connectivity index (χ2v) is 6.37. The number of amides is 1. The molecule has 1 spiro atoms. The number of hydrogen-bond acceptors (Lipinski definition) is 4. The summed E-state index contributed by atoms with van der Waals surface area (Å²) >= 11 is 0. The number of hydrogen-bond donors (Lipinski definition) is 1. The zero-order valence-electron chi connectivity index (χ0n) is 12.7. The van der Waals surface area contributed by atoms with E-state index < -0.39 is 0 Å². The van der Waals surface area contributed by atoms with Gasteiger partial charge in [-0.15, -0.1) is 0 Å². The topological polar surface area (TPSA) is 56.7 Å². The summed E-state index contributed by atoms with van der Waals surface area (Å²) in [5, 5.41) is 9.13. The molecular formula is C16H22FN3O2. The Morgan fingerprint density at radius 2 is 2.23 bits per heavy atom. The highest BCUT2D eigenvalue weighted by Crippen LogP contribution is 2.40. The molecule has 0 radical (unpaired) electrons. The van der Waals surface area contributed by atoms with Crippen molar-refractivity contribution in [2.75, 3.05) is 37.7 Å². The summed E-state index contributed by atoms with van der Waals surface area (Å²) in [7, 11) is 0. The highest BCUT2D eigenvalue weighted by Gasteiger charge is 2.42. The largest absolute Gasteiger partial charge is 0.395 e. The van der Waals surface area contributed by atoms with E-state index in [9.17, 15) is 9.18 Å². The number of aliphatic hydroxyl groups is 1. The smallest absolute Gasteiger partial charge is 0.222 e. The fraction of sp³-hybridized carbons (Fsp3) is 0.625. The first-order chi connectivity index (χ1) is 10.6. The van der Waals surface area contributed by atoms with E-state index in [4.69, 9.17) is 5.11 Å². The quantitative estimate of drug-likeness (QED) is 0.917. The highest BCUT2D eigenvalue weighted by molar-refractivity contribution is 5.77. The summed E-state index contributed by atoms with van der Waals surface area (Å²) in [6.07, 6.45) is 4.96. The lowest BCUT2D eigenvalue weighted by molar-refractivity contribution is -0.138. The lowest BCUT2D eigenvalue weighted by atomic mass is 9.73. The minimum atomic E-state index is -0.293. The van der Waals surface area contributed by atoms with Crippen LogP contribution in [0.25, 0.3) is 0 Å². The Bertz CT molecular complexity index is 554. The van der Waals surface area contributed by atoms with E-state index in [1.165, 1.54) is 6.07 Å². The molecule has 120 valence electrons. The van der Waals surface area contributed by atoms with Gasteiger partial charge in [-0.25, -0.2) is 9.37 Å². The third-order valence-corrected chi connectivity index (χ3v) is 4.82. The van der Waals surface area contributed by atoms with Gasteiger partial charge in [-0.3, -0.25) is 4.79 Å². The number of rotatable bonds is 3. The maximum absolute atomic E-state index is 14.0. The molecule has 2 saturated heterocycles. The van der Waals surface area contributed by atoms with Crippen LogP contribution in [-0.2, 0) is 4.79 Å². The molecule has 0 aromatic carbocycles. The van der Waals surface area contributed by atoms with Crippen LogP contribution in [0.2, 0.25) is 0 Å². The molecule has 1 aromatic rings. The van der Waals surface area contributed by atoms with Gasteiger partial charge >= 0.3 is 0 Å². The number of anilines is 1. The average molecular weight is 307 g/mol. The lowest BCUT2D eigenvalue weighted by Gasteiger charge is -2.48. The number of pyridine rings is 1. The van der Waals surface area contributed by atoms with Gasteiger partial charge in [-0.1, -0.05) is 0 Å². The van der Waals surface area contributed by atoms with Gasteiger partial charge in [0.05, 0.1) is 6.61 Å². The number of aromatic nitrogens is 1. The number of β-amino-alcohol motifs (C(OH)–C–C–N with tert-alkyl or cyclic N) is 1. The Balaban J connectivity index is 1.77. The molecular weight excluding hydrogens is 285 g/mol. The van der Waals surface area contributed by atoms with Crippen molar-refractivity contribution in [3.63, 3.8) is 0 Å². The zero-order chi connectivity index (χ0) is 15.6. The Labute approximate surface area is 129 Å². The third-order valence-electron chi connectivity index (χ3n) is 4.82. The first kappa shape index (κ1) is 15.2. The van der Waals surface area contributed by atoms with Crippen LogP contribution in [0, 0.1) is 11.2 Å². The molecule has 2 aliphatic rings. The standard InChI is InChI=1S/C16H22FN3O2/c17-13-3-1-7-18-15(13)20-8-2-5-16(12-20)6-4-14(22)19(11-16)9-10-21/h1,3,7,21H,2,4-6,8-12H2/t16-/m0/s1. The van der Waals surface area contributed by atoms with Gasteiger partial charge in [0, 0.05) is 44.2 Å². The van der Waals surface area contributed by atoms with Gasteiger partial charge in [0.2, 0.25) is 5.91 Å². The van der Waals surface area contributed by atoms with Crippen LogP contribution >= 0.6 is 0 Å². The minimum absolute atomic E-state index is 0.00864. The fourth-order valence-electron chi connectivity index (χ4n) is 3.76. The van der Waals surface area contributed by atoms with Crippen molar-refractivity contribution in [1.29, 1.82) is 0 Å². The normalized spacial score (nSPS) is 25.8. The molecule has 1 aromatic heterocycles. The highest BCUT2D eigenvalue weighted by atomic mass is 19.1. The molecule has 1 amide bonds. The van der Waals surface area contributed by atoms with E-state index in [1.807, 2.05) is 4.90 Å². The SMILES string of the molecule is O=C1CC[C@@]2(CCCN(c3ncccc3F)C2)CN1CCO. The van der Waals surface area contributed by atoms with Crippen LogP contribution in [0.15, 0.2) is 18.3 Å². The zero-order valence-corrected chi connectivity index (χ0v) is 12.7. The van der Waals surface area contributed by atoms with Crippen molar-refractivity contribution < 1.29 is 14.3 Å². The summed E-state index contributed by atoms with van der Waals surface area (Å²) in [4.78, 5) is 19.9. The van der Waals surface area contributed by atoms with Gasteiger partial charge in [-0.2, -0.15) is 0 Å². The van der Waals surface area contributed by atoms with Crippen LogP contribution in [0.3, 0.4) is 0 Å². The second kappa shape index (κ2) is 6.20. The van der Waals surface area contributed by atoms with Crippen molar-refractivity contribution in [1.82, 2.24) is 9.88 Å². The van der Waals surface area contributed by atoms with Crippen LogP contribution in [0.4, 0.5) is 10.2 Å². The molecule has 5 nitrogen and oxygen atoms in total. The van der Waals surface area contributed by atoms with Crippen LogP contribution in [0.1, 0.15) is 25.7 Å². The molecule has 6 heteroatoms. The van der Waals surface area contributed by atoms with Crippen LogP contribution in [-0.4, -0.2) is 53.7 Å². The predicted molar refractivity (Wildman–Crippen MR) is 81.0 cm³/mol. The fourth-order valence-corrected chi connectivity index (χ4v) is 3.76. The van der Waals surface area contributed by atoms with E-state index in [-0.39, 0.29) is 23.7 Å². The predicted octanol–water partition coefficient (Wildman–Crippen LogP) is 1.42. The molecule has 2 fully saturated rings. The number of likely N-dealkylation sites (tertiary alicyclic amines) is 1. The van der Waals surface area contributed by atoms with E-state index >= 15 is 0 Å². The number of aliphatic hydroxyl groups excluding tert-OH is 1. The summed E-state index contributed by atoms with van der Waals surface area (Å²) < 4.78 is 14.0. The van der Waals surface area contributed by atoms with Crippen molar-refractivity contribution >= 4 is 11.7 Å². The lowest BCUT2D eigenvalue weighted by Crippen LogP contribution is -2.54. The van der Waals surface area contributed by atoms with Gasteiger partial charge in [0.1, 0.15) is 0 Å². The number of nitrogens with zero attached hydrogens (tertiary/aromatic N) is 3. The maximum Gasteiger partial charge on any atom is 0.222 e. The molecule has 2 aliphatic heterocycles. The van der Waals surface area contributed by atoms with E-state index in [0.29, 0.717) is 25.3 Å². The Morgan fingerprint density at radius 1 is 1.36 bits per heavy atom. The van der Waals surface area contributed by atoms with Gasteiger partial charge in [0.15, 0.2) is 11.6 Å². The molecule has 0 saturated carbocycles. The van der Waals surface area contributed by atoms with Crippen molar-refractivity contribution in [3.05, 3.63) is 24.1 Å². The number of halogens is 1. The van der Waals surface area contributed by atoms with Gasteiger partial charge in [0.25, 0.3) is 0 Å². The number of piperidine rings is 2. The molecule has 0 bridgehead atoms. The monoisotopic (exact) mass is 307 g/mol. The Kier molecular flexibility index (Phi) is 4.29. The van der Waals surface area contributed by atoms with Crippen molar-refractivity contribution in [2.45, 2.75) is 25.7 Å². The maximum atomic E-state index is 14.0. The summed E-state index contributed by atoms with van der Waals surface area (Å²) in [6, 6.07) is 3.03. The summed E-state index contributed by atoms with van der Waals surface area (Å²) in [6.45, 7) is 2.54. The summed E-state index contributed by atoms with van der Waals surface area (Å²) in [5.41, 5.74) is -0.00864. The number of carbonyl (C=O) groups is 1. The van der Waals surface area contributed by atoms with Gasteiger partial charge in [-0.05, 0) is 31.4 Å². The van der Waals surface area contributed by atoms with Crippen LogP contribution < -0.4 is 4.90 Å². The second-order valence-electron chi connectivity index (χ2n) is 6.37. The third kappa shape index (κ3) is 2.92. The average Bonchev–Trinajstić information content (AvgIpc) is 2.52. The Hall–Kier alpha value is -1.69. The van der Waals surface area contributed by atoms with E-state index in [2.05, 4.69) is 4.98 Å². The molecule has 1 atom stereocenters.